The molecule has 35 heavy (non-hydrogen) atoms. The quantitative estimate of drug-likeness (QED) is 0.327. The van der Waals surface area contributed by atoms with Crippen LogP contribution in [0.15, 0.2) is 48.5 Å². The molecule has 0 radical (unpaired) electrons. The summed E-state index contributed by atoms with van der Waals surface area (Å²) in [5.41, 5.74) is 2.29. The topological polar surface area (TPSA) is 107 Å². The monoisotopic (exact) mass is 495 g/mol. The van der Waals surface area contributed by atoms with Crippen LogP contribution in [-0.4, -0.2) is 38.7 Å². The Balaban J connectivity index is 1.67. The second kappa shape index (κ2) is 12.1. The van der Waals surface area contributed by atoms with Crippen LogP contribution in [0.4, 0.5) is 5.69 Å². The van der Waals surface area contributed by atoms with Gasteiger partial charge in [0.1, 0.15) is 6.54 Å². The number of amides is 2. The van der Waals surface area contributed by atoms with E-state index in [1.807, 2.05) is 39.0 Å². The standard InChI is InChI=1S/C25H29N5O4S/c1-4-13-34-24(33)18-10-8-11-19(14-18)27-22(31)16-30-25(35)29(5-2)21(28-30)15-26-23(32)20-12-7-6-9-17(20)3/h6-12,14H,4-5,13,15-16H2,1-3H3,(H,26,32)(H,27,31). The number of carbonyl (C=O) groups excluding carboxylic acids is 3. The van der Waals surface area contributed by atoms with Gasteiger partial charge >= 0.3 is 5.97 Å². The van der Waals surface area contributed by atoms with Gasteiger partial charge in [-0.2, -0.15) is 5.10 Å². The van der Waals surface area contributed by atoms with Crippen molar-refractivity contribution in [1.82, 2.24) is 19.7 Å². The number of aryl methyl sites for hydroxylation is 1. The zero-order chi connectivity index (χ0) is 25.4. The van der Waals surface area contributed by atoms with Gasteiger partial charge in [0.05, 0.1) is 18.7 Å². The van der Waals surface area contributed by atoms with Crippen LogP contribution in [0.3, 0.4) is 0 Å². The van der Waals surface area contributed by atoms with E-state index >= 15 is 0 Å². The summed E-state index contributed by atoms with van der Waals surface area (Å²) in [6.07, 6.45) is 0.727. The molecule has 0 spiro atoms. The number of esters is 1. The largest absolute Gasteiger partial charge is 0.462 e. The summed E-state index contributed by atoms with van der Waals surface area (Å²) in [6, 6.07) is 13.9. The maximum Gasteiger partial charge on any atom is 0.338 e. The first-order valence-electron chi connectivity index (χ1n) is 11.4. The van der Waals surface area contributed by atoms with Crippen LogP contribution < -0.4 is 10.6 Å². The molecule has 0 bridgehead atoms. The molecule has 2 N–H and O–H groups in total. The number of ether oxygens (including phenoxy) is 1. The predicted molar refractivity (Wildman–Crippen MR) is 135 cm³/mol. The van der Waals surface area contributed by atoms with Gasteiger partial charge in [-0.05, 0) is 62.3 Å². The van der Waals surface area contributed by atoms with Gasteiger partial charge in [-0.25, -0.2) is 9.48 Å². The number of hydrogen-bond donors (Lipinski definition) is 2. The molecule has 1 aromatic heterocycles. The molecule has 0 saturated carbocycles. The first kappa shape index (κ1) is 25.8. The van der Waals surface area contributed by atoms with Gasteiger partial charge in [0, 0.05) is 17.8 Å². The summed E-state index contributed by atoms with van der Waals surface area (Å²) in [5, 5.41) is 10.1. The Bertz CT molecular complexity index is 1280. The highest BCUT2D eigenvalue weighted by Crippen LogP contribution is 2.13. The number of anilines is 1. The molecule has 0 unspecified atom stereocenters. The minimum absolute atomic E-state index is 0.116. The van der Waals surface area contributed by atoms with Crippen molar-refractivity contribution in [3.8, 4) is 0 Å². The first-order chi connectivity index (χ1) is 16.8. The molecule has 2 amide bonds. The summed E-state index contributed by atoms with van der Waals surface area (Å²) in [7, 11) is 0. The molecule has 1 heterocycles. The molecule has 0 atom stereocenters. The van der Waals surface area contributed by atoms with Crippen LogP contribution in [-0.2, 0) is 29.2 Å². The highest BCUT2D eigenvalue weighted by Gasteiger charge is 2.15. The van der Waals surface area contributed by atoms with Gasteiger partial charge in [0.25, 0.3) is 5.91 Å². The molecule has 3 rings (SSSR count). The lowest BCUT2D eigenvalue weighted by Crippen LogP contribution is -2.25. The molecular weight excluding hydrogens is 466 g/mol. The third kappa shape index (κ3) is 6.63. The van der Waals surface area contributed by atoms with E-state index < -0.39 is 5.97 Å². The number of rotatable bonds is 10. The molecule has 0 fully saturated rings. The average Bonchev–Trinajstić information content (AvgIpc) is 3.15. The normalized spacial score (nSPS) is 10.6. The summed E-state index contributed by atoms with van der Waals surface area (Å²) in [4.78, 5) is 37.3. The van der Waals surface area contributed by atoms with Crippen LogP contribution in [0.2, 0.25) is 0 Å². The SMILES string of the molecule is CCCOC(=O)c1cccc(NC(=O)Cn2nc(CNC(=O)c3ccccc3C)n(CC)c2=S)c1. The van der Waals surface area contributed by atoms with Gasteiger partial charge in [-0.15, -0.1) is 0 Å². The number of nitrogens with zero attached hydrogens (tertiary/aromatic N) is 3. The van der Waals surface area contributed by atoms with E-state index in [1.165, 1.54) is 4.68 Å². The average molecular weight is 496 g/mol. The lowest BCUT2D eigenvalue weighted by molar-refractivity contribution is -0.116. The molecule has 2 aromatic carbocycles. The van der Waals surface area contributed by atoms with Crippen molar-refractivity contribution < 1.29 is 19.1 Å². The number of benzene rings is 2. The van der Waals surface area contributed by atoms with Gasteiger partial charge in [0.2, 0.25) is 5.91 Å². The number of carbonyl (C=O) groups is 3. The highest BCUT2D eigenvalue weighted by atomic mass is 32.1. The Labute approximate surface area is 209 Å². The predicted octanol–water partition coefficient (Wildman–Crippen LogP) is 3.88. The van der Waals surface area contributed by atoms with Gasteiger partial charge < -0.3 is 19.9 Å². The minimum atomic E-state index is -0.441. The minimum Gasteiger partial charge on any atom is -0.462 e. The Morgan fingerprint density at radius 1 is 1.09 bits per heavy atom. The molecule has 0 aliphatic carbocycles. The molecule has 0 aliphatic heterocycles. The van der Waals surface area contributed by atoms with E-state index in [9.17, 15) is 14.4 Å². The van der Waals surface area contributed by atoms with Crippen LogP contribution in [0, 0.1) is 11.7 Å². The van der Waals surface area contributed by atoms with Gasteiger partial charge in [-0.1, -0.05) is 31.2 Å². The molecule has 9 nitrogen and oxygen atoms in total. The third-order valence-electron chi connectivity index (χ3n) is 5.23. The van der Waals surface area contributed by atoms with Crippen LogP contribution >= 0.6 is 12.2 Å². The zero-order valence-electron chi connectivity index (χ0n) is 20.0. The Morgan fingerprint density at radius 3 is 2.57 bits per heavy atom. The maximum absolute atomic E-state index is 12.7. The summed E-state index contributed by atoms with van der Waals surface area (Å²) in [5.74, 6) is -0.449. The van der Waals surface area contributed by atoms with Crippen molar-refractivity contribution in [2.45, 2.75) is 46.8 Å². The van der Waals surface area contributed by atoms with Crippen molar-refractivity contribution >= 4 is 35.7 Å². The molecule has 184 valence electrons. The second-order valence-corrected chi connectivity index (χ2v) is 8.23. The van der Waals surface area contributed by atoms with Gasteiger partial charge in [-0.3, -0.25) is 9.59 Å². The Hall–Kier alpha value is -3.79. The lowest BCUT2D eigenvalue weighted by atomic mass is 10.1. The maximum atomic E-state index is 12.7. The number of nitrogens with one attached hydrogen (secondary N) is 2. The molecule has 0 aliphatic rings. The highest BCUT2D eigenvalue weighted by molar-refractivity contribution is 7.71. The van der Waals surface area contributed by atoms with Crippen molar-refractivity contribution in [3.05, 3.63) is 75.8 Å². The van der Waals surface area contributed by atoms with Crippen molar-refractivity contribution in [3.63, 3.8) is 0 Å². The van der Waals surface area contributed by atoms with E-state index in [0.29, 0.717) is 40.6 Å². The van der Waals surface area contributed by atoms with Crippen molar-refractivity contribution in [1.29, 1.82) is 0 Å². The Kier molecular flexibility index (Phi) is 8.91. The fraction of sp³-hybridized carbons (Fsp3) is 0.320. The Morgan fingerprint density at radius 2 is 1.86 bits per heavy atom. The fourth-order valence-electron chi connectivity index (χ4n) is 3.46. The number of aromatic nitrogens is 3. The molecule has 10 heteroatoms. The lowest BCUT2D eigenvalue weighted by Gasteiger charge is -2.08. The number of hydrogen-bond acceptors (Lipinski definition) is 6. The van der Waals surface area contributed by atoms with Crippen LogP contribution in [0.25, 0.3) is 0 Å². The summed E-state index contributed by atoms with van der Waals surface area (Å²) < 4.78 is 8.70. The first-order valence-corrected chi connectivity index (χ1v) is 11.8. The smallest absolute Gasteiger partial charge is 0.338 e. The van der Waals surface area contributed by atoms with E-state index in [0.717, 1.165) is 12.0 Å². The van der Waals surface area contributed by atoms with E-state index in [1.54, 1.807) is 34.9 Å². The summed E-state index contributed by atoms with van der Waals surface area (Å²) in [6.45, 7) is 6.63. The third-order valence-corrected chi connectivity index (χ3v) is 5.66. The molecule has 3 aromatic rings. The van der Waals surface area contributed by atoms with E-state index in [-0.39, 0.29) is 24.9 Å². The van der Waals surface area contributed by atoms with E-state index in [2.05, 4.69) is 15.7 Å². The van der Waals surface area contributed by atoms with Crippen molar-refractivity contribution in [2.75, 3.05) is 11.9 Å². The van der Waals surface area contributed by atoms with Crippen molar-refractivity contribution in [2.24, 2.45) is 0 Å². The fourth-order valence-corrected chi connectivity index (χ4v) is 3.80. The summed E-state index contributed by atoms with van der Waals surface area (Å²) >= 11 is 5.49. The molecular formula is C25H29N5O4S. The zero-order valence-corrected chi connectivity index (χ0v) is 20.9. The van der Waals surface area contributed by atoms with Gasteiger partial charge in [0.15, 0.2) is 10.6 Å². The van der Waals surface area contributed by atoms with Crippen LogP contribution in [0.1, 0.15) is 52.4 Å². The van der Waals surface area contributed by atoms with Crippen LogP contribution in [0.5, 0.6) is 0 Å². The second-order valence-electron chi connectivity index (χ2n) is 7.86. The van der Waals surface area contributed by atoms with E-state index in [4.69, 9.17) is 17.0 Å². The molecule has 0 saturated heterocycles.